The summed E-state index contributed by atoms with van der Waals surface area (Å²) in [6.07, 6.45) is 2.75. The predicted octanol–water partition coefficient (Wildman–Crippen LogP) is 2.32. The number of benzene rings is 2. The first-order valence-corrected chi connectivity index (χ1v) is 16.7. The van der Waals surface area contributed by atoms with Crippen LogP contribution in [0.5, 0.6) is 11.5 Å². The van der Waals surface area contributed by atoms with E-state index in [2.05, 4.69) is 5.23 Å². The lowest BCUT2D eigenvalue weighted by atomic mass is 9.85. The van der Waals surface area contributed by atoms with Crippen molar-refractivity contribution in [3.63, 3.8) is 0 Å². The number of rotatable bonds is 8. The van der Waals surface area contributed by atoms with Crippen LogP contribution < -0.4 is 20.4 Å². The van der Waals surface area contributed by atoms with Gasteiger partial charge in [-0.15, -0.1) is 0 Å². The summed E-state index contributed by atoms with van der Waals surface area (Å²) in [6, 6.07) is 9.65. The lowest BCUT2D eigenvalue weighted by Crippen LogP contribution is -2.48. The van der Waals surface area contributed by atoms with Gasteiger partial charge in [0.25, 0.3) is 0 Å². The summed E-state index contributed by atoms with van der Waals surface area (Å²) in [4.78, 5) is 0.488. The monoisotopic (exact) mass is 630 g/mol. The summed E-state index contributed by atoms with van der Waals surface area (Å²) >= 11 is 6.01. The third-order valence-corrected chi connectivity index (χ3v) is 11.3. The number of hydrogen-bond acceptors (Lipinski definition) is 9. The van der Waals surface area contributed by atoms with Crippen molar-refractivity contribution in [1.82, 2.24) is 13.8 Å². The van der Waals surface area contributed by atoms with Crippen molar-refractivity contribution in [1.29, 1.82) is 0 Å². The van der Waals surface area contributed by atoms with Gasteiger partial charge in [-0.1, -0.05) is 11.6 Å². The van der Waals surface area contributed by atoms with Crippen molar-refractivity contribution in [3.05, 3.63) is 47.0 Å². The molecule has 2 aromatic carbocycles. The van der Waals surface area contributed by atoms with Gasteiger partial charge in [0, 0.05) is 38.3 Å². The molecule has 0 atom stereocenters. The van der Waals surface area contributed by atoms with Crippen molar-refractivity contribution in [2.24, 2.45) is 5.73 Å². The fourth-order valence-corrected chi connectivity index (χ4v) is 8.21. The Labute approximate surface area is 249 Å². The highest BCUT2D eigenvalue weighted by Gasteiger charge is 2.31. The molecule has 228 valence electrons. The Morgan fingerprint density at radius 3 is 1.78 bits per heavy atom. The summed E-state index contributed by atoms with van der Waals surface area (Å²) < 4.78 is 63.4. The summed E-state index contributed by atoms with van der Waals surface area (Å²) in [6.45, 7) is 5.31. The van der Waals surface area contributed by atoms with E-state index in [9.17, 15) is 21.9 Å². The number of ether oxygens (including phenoxy) is 2. The number of nitrogens with one attached hydrogen (secondary N) is 1. The van der Waals surface area contributed by atoms with Crippen molar-refractivity contribution in [2.75, 3.05) is 40.4 Å². The normalized spacial score (nSPS) is 17.9. The molecule has 2 heterocycles. The van der Waals surface area contributed by atoms with E-state index in [1.54, 1.807) is 38.2 Å². The van der Waals surface area contributed by atoms with Crippen LogP contribution in [0.2, 0.25) is 11.8 Å². The molecule has 0 unspecified atom stereocenters. The highest BCUT2D eigenvalue weighted by atomic mass is 35.5. The van der Waals surface area contributed by atoms with E-state index < -0.39 is 27.1 Å². The van der Waals surface area contributed by atoms with Crippen LogP contribution in [0.1, 0.15) is 31.2 Å². The van der Waals surface area contributed by atoms with Crippen molar-refractivity contribution in [3.8, 4) is 11.5 Å². The topological polar surface area (TPSA) is 151 Å². The zero-order valence-corrected chi connectivity index (χ0v) is 26.3. The molecule has 0 saturated carbocycles. The lowest BCUT2D eigenvalue weighted by Gasteiger charge is -2.32. The number of aryl methyl sites for hydroxylation is 1. The molecule has 0 bridgehead atoms. The molecule has 4 N–H and O–H groups in total. The molecule has 4 rings (SSSR count). The Bertz CT molecular complexity index is 1380. The second kappa shape index (κ2) is 14.5. The molecule has 41 heavy (non-hydrogen) atoms. The molecule has 0 spiro atoms. The van der Waals surface area contributed by atoms with Gasteiger partial charge in [-0.25, -0.2) is 16.8 Å². The Morgan fingerprint density at radius 1 is 0.878 bits per heavy atom. The van der Waals surface area contributed by atoms with Crippen LogP contribution >= 0.6 is 11.6 Å². The SMILES string of the molecule is COc1ccc(S(=O)(=O)N2CCC(N)CC2)cc1C.COc1ccc(S(=O)(=O)N2CCC(NB(C)O)CC2)cc1Cl. The average Bonchev–Trinajstić information content (AvgIpc) is 2.93. The molecule has 0 radical (unpaired) electrons. The van der Waals surface area contributed by atoms with Crippen LogP contribution in [-0.2, 0) is 20.0 Å². The number of piperidine rings is 2. The van der Waals surface area contributed by atoms with E-state index in [4.69, 9.17) is 26.8 Å². The minimum atomic E-state index is -3.56. The van der Waals surface area contributed by atoms with E-state index in [1.165, 1.54) is 27.9 Å². The Hall–Kier alpha value is -1.91. The van der Waals surface area contributed by atoms with E-state index in [0.29, 0.717) is 68.3 Å². The standard InChI is InChI=1S/C13H20BClN2O4S.C13H20N2O3S/c1-14(18)16-10-5-7-17(8-6-10)22(19,20)11-3-4-13(21-2)12(15)9-11;1-10-9-12(3-4-13(10)18-2)19(16,17)15-7-5-11(14)6-8-15/h3-4,9-10,16,18H,5-8H2,1-2H3;3-4,9,11H,5-8,14H2,1-2H3. The summed E-state index contributed by atoms with van der Waals surface area (Å²) in [5.41, 5.74) is 6.62. The molecule has 2 fully saturated rings. The average molecular weight is 631 g/mol. The van der Waals surface area contributed by atoms with Gasteiger partial charge in [0.15, 0.2) is 0 Å². The number of nitrogens with two attached hydrogens (primary N) is 1. The molecule has 0 aliphatic carbocycles. The highest BCUT2D eigenvalue weighted by Crippen LogP contribution is 2.29. The number of hydrogen-bond donors (Lipinski definition) is 3. The first-order valence-electron chi connectivity index (χ1n) is 13.5. The molecule has 11 nitrogen and oxygen atoms in total. The minimum Gasteiger partial charge on any atom is -0.496 e. The smallest absolute Gasteiger partial charge is 0.373 e. The van der Waals surface area contributed by atoms with Crippen molar-refractivity contribution >= 4 is 38.7 Å². The summed E-state index contributed by atoms with van der Waals surface area (Å²) in [5.74, 6) is 1.14. The van der Waals surface area contributed by atoms with E-state index in [1.807, 2.05) is 6.92 Å². The van der Waals surface area contributed by atoms with Gasteiger partial charge in [0.05, 0.1) is 29.0 Å². The first-order chi connectivity index (χ1) is 19.3. The molecule has 2 aromatic rings. The van der Waals surface area contributed by atoms with Crippen molar-refractivity contribution < 1.29 is 31.3 Å². The largest absolute Gasteiger partial charge is 0.496 e. The van der Waals surface area contributed by atoms with Crippen molar-refractivity contribution in [2.45, 2.75) is 61.3 Å². The van der Waals surface area contributed by atoms with Gasteiger partial charge >= 0.3 is 7.05 Å². The second-order valence-corrected chi connectivity index (χ2v) is 14.5. The predicted molar refractivity (Wildman–Crippen MR) is 160 cm³/mol. The minimum absolute atomic E-state index is 0.115. The van der Waals surface area contributed by atoms with Crippen LogP contribution in [-0.4, -0.2) is 90.0 Å². The van der Waals surface area contributed by atoms with Gasteiger partial charge in [-0.3, -0.25) is 0 Å². The summed E-state index contributed by atoms with van der Waals surface area (Å²) in [7, 11) is -4.50. The molecule has 15 heteroatoms. The van der Waals surface area contributed by atoms with Crippen LogP contribution in [0.25, 0.3) is 0 Å². The van der Waals surface area contributed by atoms with E-state index >= 15 is 0 Å². The van der Waals surface area contributed by atoms with Gasteiger partial charge in [-0.2, -0.15) is 8.61 Å². The number of sulfonamides is 2. The van der Waals surface area contributed by atoms with Crippen LogP contribution in [0.3, 0.4) is 0 Å². The maximum Gasteiger partial charge on any atom is 0.373 e. The lowest BCUT2D eigenvalue weighted by molar-refractivity contribution is 0.303. The quantitative estimate of drug-likeness (QED) is 0.373. The van der Waals surface area contributed by atoms with Gasteiger partial charge in [0.2, 0.25) is 20.0 Å². The van der Waals surface area contributed by atoms with Gasteiger partial charge in [0.1, 0.15) is 11.5 Å². The molecular weight excluding hydrogens is 591 g/mol. The Kier molecular flexibility index (Phi) is 11.9. The number of nitrogens with zero attached hydrogens (tertiary/aromatic N) is 2. The molecule has 2 saturated heterocycles. The Morgan fingerprint density at radius 2 is 1.34 bits per heavy atom. The van der Waals surface area contributed by atoms with Crippen LogP contribution in [0, 0.1) is 6.92 Å². The van der Waals surface area contributed by atoms with E-state index in [-0.39, 0.29) is 22.0 Å². The third-order valence-electron chi connectivity index (χ3n) is 7.19. The fourth-order valence-electron chi connectivity index (χ4n) is 4.84. The second-order valence-electron chi connectivity index (χ2n) is 10.2. The Balaban J connectivity index is 0.000000228. The maximum absolute atomic E-state index is 12.6. The van der Waals surface area contributed by atoms with Gasteiger partial charge < -0.3 is 25.5 Å². The maximum atomic E-state index is 12.6. The van der Waals surface area contributed by atoms with E-state index in [0.717, 1.165) is 5.56 Å². The fraction of sp³-hybridized carbons (Fsp3) is 0.538. The number of methoxy groups -OCH3 is 2. The third kappa shape index (κ3) is 8.57. The first kappa shape index (κ1) is 33.6. The molecule has 0 amide bonds. The summed E-state index contributed by atoms with van der Waals surface area (Å²) in [5, 5.41) is 12.6. The highest BCUT2D eigenvalue weighted by molar-refractivity contribution is 7.89. The number of halogens is 1. The molecule has 0 aromatic heterocycles. The zero-order chi connectivity index (χ0) is 30.4. The van der Waals surface area contributed by atoms with Crippen LogP contribution in [0.4, 0.5) is 0 Å². The molecule has 2 aliphatic heterocycles. The van der Waals surface area contributed by atoms with Gasteiger partial charge in [-0.05, 0) is 81.4 Å². The molecule has 2 aliphatic rings. The zero-order valence-electron chi connectivity index (χ0n) is 23.9. The molecular formula is C26H40BClN4O7S2. The van der Waals surface area contributed by atoms with Crippen LogP contribution in [0.15, 0.2) is 46.2 Å².